The Labute approximate surface area is 131 Å². The van der Waals surface area contributed by atoms with Crippen molar-refractivity contribution in [2.45, 2.75) is 25.7 Å². The van der Waals surface area contributed by atoms with Gasteiger partial charge in [0.2, 0.25) is 0 Å². The Hall–Kier alpha value is -1.44. The SMILES string of the molecule is CCCCOP(=O)(F)CC(c1ccccc1)c1ccccc1. The van der Waals surface area contributed by atoms with Crippen molar-refractivity contribution in [3.05, 3.63) is 71.8 Å². The molecule has 2 aromatic rings. The van der Waals surface area contributed by atoms with Crippen LogP contribution in [0.4, 0.5) is 4.20 Å². The number of benzene rings is 2. The first-order chi connectivity index (χ1) is 10.6. The average Bonchev–Trinajstić information content (AvgIpc) is 2.54. The highest BCUT2D eigenvalue weighted by Crippen LogP contribution is 2.53. The zero-order valence-corrected chi connectivity index (χ0v) is 13.7. The fourth-order valence-electron chi connectivity index (χ4n) is 2.39. The Morgan fingerprint density at radius 1 is 1.00 bits per heavy atom. The average molecular weight is 320 g/mol. The van der Waals surface area contributed by atoms with Crippen LogP contribution in [0.25, 0.3) is 0 Å². The van der Waals surface area contributed by atoms with Gasteiger partial charge in [0.1, 0.15) is 0 Å². The van der Waals surface area contributed by atoms with E-state index in [1.165, 1.54) is 0 Å². The monoisotopic (exact) mass is 320 g/mol. The van der Waals surface area contributed by atoms with Crippen LogP contribution in [0, 0.1) is 0 Å². The molecule has 4 heteroatoms. The van der Waals surface area contributed by atoms with Crippen molar-refractivity contribution in [2.75, 3.05) is 12.8 Å². The summed E-state index contributed by atoms with van der Waals surface area (Å²) < 4.78 is 31.6. The highest BCUT2D eigenvalue weighted by atomic mass is 31.2. The Morgan fingerprint density at radius 2 is 1.50 bits per heavy atom. The number of hydrogen-bond acceptors (Lipinski definition) is 2. The van der Waals surface area contributed by atoms with Gasteiger partial charge in [-0.15, -0.1) is 0 Å². The number of hydrogen-bond donors (Lipinski definition) is 0. The maximum atomic E-state index is 14.4. The molecule has 0 heterocycles. The van der Waals surface area contributed by atoms with E-state index in [1.807, 2.05) is 67.6 Å². The maximum Gasteiger partial charge on any atom is 0.368 e. The molecular weight excluding hydrogens is 298 g/mol. The van der Waals surface area contributed by atoms with Gasteiger partial charge >= 0.3 is 7.68 Å². The van der Waals surface area contributed by atoms with Crippen LogP contribution in [0.1, 0.15) is 36.8 Å². The van der Waals surface area contributed by atoms with Gasteiger partial charge in [0.15, 0.2) is 0 Å². The van der Waals surface area contributed by atoms with Gasteiger partial charge in [0.05, 0.1) is 12.8 Å². The molecule has 2 nitrogen and oxygen atoms in total. The molecule has 0 aliphatic carbocycles. The zero-order valence-electron chi connectivity index (χ0n) is 12.8. The van der Waals surface area contributed by atoms with E-state index in [0.717, 1.165) is 24.0 Å². The molecule has 118 valence electrons. The van der Waals surface area contributed by atoms with Gasteiger partial charge in [-0.25, -0.2) is 0 Å². The summed E-state index contributed by atoms with van der Waals surface area (Å²) in [6.45, 7) is 2.20. The second-order valence-corrected chi connectivity index (χ2v) is 7.14. The molecule has 0 N–H and O–H groups in total. The zero-order chi connectivity index (χ0) is 15.8. The second-order valence-electron chi connectivity index (χ2n) is 5.33. The summed E-state index contributed by atoms with van der Waals surface area (Å²) >= 11 is 0. The van der Waals surface area contributed by atoms with E-state index in [1.54, 1.807) is 0 Å². The molecule has 1 unspecified atom stereocenters. The van der Waals surface area contributed by atoms with Crippen molar-refractivity contribution in [2.24, 2.45) is 0 Å². The fourth-order valence-corrected chi connectivity index (χ4v) is 3.75. The molecule has 0 aliphatic heterocycles. The molecule has 1 atom stereocenters. The molecule has 2 rings (SSSR count). The van der Waals surface area contributed by atoms with Crippen LogP contribution in [-0.2, 0) is 9.09 Å². The third kappa shape index (κ3) is 5.08. The van der Waals surface area contributed by atoms with Crippen LogP contribution < -0.4 is 0 Å². The lowest BCUT2D eigenvalue weighted by Crippen LogP contribution is -2.07. The smallest absolute Gasteiger partial charge is 0.306 e. The first-order valence-electron chi connectivity index (χ1n) is 7.65. The molecule has 0 bridgehead atoms. The van der Waals surface area contributed by atoms with Crippen LogP contribution in [0.5, 0.6) is 0 Å². The van der Waals surface area contributed by atoms with Crippen molar-refractivity contribution >= 4 is 7.68 Å². The highest BCUT2D eigenvalue weighted by Gasteiger charge is 2.29. The maximum absolute atomic E-state index is 14.4. The van der Waals surface area contributed by atoms with Gasteiger partial charge < -0.3 is 4.52 Å². The predicted octanol–water partition coefficient (Wildman–Crippen LogP) is 5.80. The molecule has 0 saturated carbocycles. The summed E-state index contributed by atoms with van der Waals surface area (Å²) in [5.74, 6) is -0.264. The topological polar surface area (TPSA) is 26.3 Å². The van der Waals surface area contributed by atoms with Crippen LogP contribution >= 0.6 is 7.68 Å². The Kier molecular flexibility index (Phi) is 6.35. The summed E-state index contributed by atoms with van der Waals surface area (Å²) in [5, 5.41) is 0. The minimum atomic E-state index is -4.11. The minimum absolute atomic E-state index is 0.120. The van der Waals surface area contributed by atoms with Gasteiger partial charge in [-0.1, -0.05) is 74.0 Å². The number of unbranched alkanes of at least 4 members (excludes halogenated alkanes) is 1. The lowest BCUT2D eigenvalue weighted by atomic mass is 9.93. The first-order valence-corrected chi connectivity index (χ1v) is 9.35. The molecule has 0 saturated heterocycles. The molecular formula is C18H22FO2P. The van der Waals surface area contributed by atoms with Crippen LogP contribution in [0.3, 0.4) is 0 Å². The van der Waals surface area contributed by atoms with E-state index in [4.69, 9.17) is 4.52 Å². The van der Waals surface area contributed by atoms with E-state index in [2.05, 4.69) is 0 Å². The van der Waals surface area contributed by atoms with E-state index in [-0.39, 0.29) is 18.7 Å². The van der Waals surface area contributed by atoms with Crippen LogP contribution in [0.15, 0.2) is 60.7 Å². The van der Waals surface area contributed by atoms with E-state index >= 15 is 0 Å². The number of rotatable bonds is 8. The van der Waals surface area contributed by atoms with Crippen molar-refractivity contribution in [3.8, 4) is 0 Å². The fraction of sp³-hybridized carbons (Fsp3) is 0.333. The predicted molar refractivity (Wildman–Crippen MR) is 89.2 cm³/mol. The van der Waals surface area contributed by atoms with Gasteiger partial charge in [0.25, 0.3) is 0 Å². The van der Waals surface area contributed by atoms with E-state index in [0.29, 0.717) is 0 Å². The third-order valence-corrected chi connectivity index (χ3v) is 4.96. The Morgan fingerprint density at radius 3 is 1.95 bits per heavy atom. The lowest BCUT2D eigenvalue weighted by Gasteiger charge is -2.20. The molecule has 22 heavy (non-hydrogen) atoms. The number of halogens is 1. The van der Waals surface area contributed by atoms with Crippen molar-refractivity contribution in [3.63, 3.8) is 0 Å². The summed E-state index contributed by atoms with van der Waals surface area (Å²) in [6, 6.07) is 19.2. The molecule has 0 aliphatic rings. The van der Waals surface area contributed by atoms with Crippen molar-refractivity contribution < 1.29 is 13.3 Å². The lowest BCUT2D eigenvalue weighted by molar-refractivity contribution is 0.280. The Balaban J connectivity index is 2.21. The molecule has 0 spiro atoms. The summed E-state index contributed by atoms with van der Waals surface area (Å²) in [7, 11) is -4.11. The summed E-state index contributed by atoms with van der Waals surface area (Å²) in [4.78, 5) is 0. The standard InChI is InChI=1S/C18H22FO2P/c1-2-3-14-21-22(19,20)15-18(16-10-6-4-7-11-16)17-12-8-5-9-13-17/h4-13,18H,2-3,14-15H2,1H3. The van der Waals surface area contributed by atoms with Crippen LogP contribution in [0.2, 0.25) is 0 Å². The summed E-state index contributed by atoms with van der Waals surface area (Å²) in [5.41, 5.74) is 1.90. The van der Waals surface area contributed by atoms with Crippen LogP contribution in [-0.4, -0.2) is 12.8 Å². The van der Waals surface area contributed by atoms with E-state index < -0.39 is 7.68 Å². The van der Waals surface area contributed by atoms with Gasteiger partial charge in [0, 0.05) is 5.92 Å². The van der Waals surface area contributed by atoms with Gasteiger partial charge in [-0.05, 0) is 17.5 Å². The molecule has 0 fully saturated rings. The normalized spacial score (nSPS) is 14.0. The highest BCUT2D eigenvalue weighted by molar-refractivity contribution is 7.53. The largest absolute Gasteiger partial charge is 0.368 e. The first kappa shape index (κ1) is 16.9. The minimum Gasteiger partial charge on any atom is -0.306 e. The van der Waals surface area contributed by atoms with Gasteiger partial charge in [-0.3, -0.25) is 4.57 Å². The van der Waals surface area contributed by atoms with Crippen molar-refractivity contribution in [1.29, 1.82) is 0 Å². The summed E-state index contributed by atoms with van der Waals surface area (Å²) in [6.07, 6.45) is 1.49. The quantitative estimate of drug-likeness (QED) is 0.454. The molecule has 0 radical (unpaired) electrons. The Bertz CT molecular complexity index is 561. The molecule has 2 aromatic carbocycles. The third-order valence-electron chi connectivity index (χ3n) is 3.59. The van der Waals surface area contributed by atoms with E-state index in [9.17, 15) is 8.76 Å². The van der Waals surface area contributed by atoms with Crippen molar-refractivity contribution in [1.82, 2.24) is 0 Å². The molecule has 0 aromatic heterocycles. The molecule has 0 amide bonds. The second kappa shape index (κ2) is 8.26. The van der Waals surface area contributed by atoms with Gasteiger partial charge in [-0.2, -0.15) is 4.20 Å².